The molecule has 0 aromatic heterocycles. The third kappa shape index (κ3) is 5.66. The molecule has 0 bridgehead atoms. The smallest absolute Gasteiger partial charge is 0.409 e. The second kappa shape index (κ2) is 10.0. The number of rotatable bonds is 1. The summed E-state index contributed by atoms with van der Waals surface area (Å²) < 4.78 is 222. The number of nitrogens with zero attached hydrogens (tertiary/aromatic N) is 1. The lowest BCUT2D eigenvalue weighted by molar-refractivity contribution is -0.495. The van der Waals surface area contributed by atoms with Crippen molar-refractivity contribution in [3.8, 4) is 11.5 Å². The van der Waals surface area contributed by atoms with Crippen molar-refractivity contribution in [2.45, 2.75) is 48.5 Å². The molecule has 0 fully saturated rings. The molecule has 2 heterocycles. The Morgan fingerprint density at radius 1 is 0.614 bits per heavy atom. The topological polar surface area (TPSA) is 106 Å². The number of fused-ring (bicyclic) bond motifs is 2. The molecule has 44 heavy (non-hydrogen) atoms. The summed E-state index contributed by atoms with van der Waals surface area (Å²) >= 11 is 0. The summed E-state index contributed by atoms with van der Waals surface area (Å²) in [6, 6.07) is 1.97. The first-order chi connectivity index (χ1) is 19.5. The van der Waals surface area contributed by atoms with Crippen molar-refractivity contribution in [2.75, 3.05) is 5.73 Å². The molecule has 8 nitrogen and oxygen atoms in total. The van der Waals surface area contributed by atoms with Gasteiger partial charge in [0.05, 0.1) is 10.5 Å². The van der Waals surface area contributed by atoms with Crippen molar-refractivity contribution in [1.29, 1.82) is 0 Å². The van der Waals surface area contributed by atoms with Gasteiger partial charge >= 0.3 is 37.3 Å². The van der Waals surface area contributed by atoms with E-state index in [2.05, 4.69) is 18.9 Å². The Balaban J connectivity index is 0.000000241. The molecule has 2 aromatic rings. The number of nitrogen functional groups attached to an aromatic ring is 1. The fourth-order valence-corrected chi connectivity index (χ4v) is 3.84. The number of hydrogen-bond acceptors (Lipinski definition) is 7. The van der Waals surface area contributed by atoms with Gasteiger partial charge in [-0.25, -0.2) is 0 Å². The summed E-state index contributed by atoms with van der Waals surface area (Å²) in [5.74, 6) is -2.86. The number of anilines is 1. The molecule has 4 rings (SSSR count). The third-order valence-electron chi connectivity index (χ3n) is 5.53. The zero-order chi connectivity index (χ0) is 34.1. The molecule has 246 valence electrons. The van der Waals surface area contributed by atoms with Gasteiger partial charge in [-0.15, -0.1) is 17.6 Å². The minimum Gasteiger partial charge on any atom is -0.409 e. The molecular weight excluding hydrogens is 668 g/mol. The fourth-order valence-electron chi connectivity index (χ4n) is 3.84. The molecule has 2 aromatic carbocycles. The van der Waals surface area contributed by atoms with Gasteiger partial charge in [0, 0.05) is 23.4 Å². The maximum Gasteiger partial charge on any atom is 0.536 e. The number of benzene rings is 2. The first kappa shape index (κ1) is 34.5. The highest BCUT2D eigenvalue weighted by Gasteiger charge is 2.80. The third-order valence-corrected chi connectivity index (χ3v) is 5.53. The van der Waals surface area contributed by atoms with Crippen LogP contribution in [0.2, 0.25) is 0 Å². The minimum absolute atomic E-state index is 0.175. The van der Waals surface area contributed by atoms with Gasteiger partial charge in [0.2, 0.25) is 0 Å². The van der Waals surface area contributed by atoms with Crippen molar-refractivity contribution in [2.24, 2.45) is 0 Å². The van der Waals surface area contributed by atoms with E-state index in [0.29, 0.717) is 12.1 Å². The second-order valence-corrected chi connectivity index (χ2v) is 8.38. The second-order valence-electron chi connectivity index (χ2n) is 8.38. The quantitative estimate of drug-likeness (QED) is 0.145. The molecule has 0 saturated heterocycles. The summed E-state index contributed by atoms with van der Waals surface area (Å²) in [7, 11) is 0. The molecule has 0 aliphatic carbocycles. The molecule has 2 aliphatic rings. The van der Waals surface area contributed by atoms with Crippen LogP contribution in [-0.2, 0) is 20.7 Å². The molecule has 0 radical (unpaired) electrons. The van der Waals surface area contributed by atoms with Gasteiger partial charge in [0.25, 0.3) is 16.9 Å². The van der Waals surface area contributed by atoms with Crippen LogP contribution in [0, 0.1) is 10.1 Å². The van der Waals surface area contributed by atoms with Crippen molar-refractivity contribution < 1.29 is 94.1 Å². The van der Waals surface area contributed by atoms with Crippen LogP contribution in [0.4, 0.5) is 81.6 Å². The van der Waals surface area contributed by atoms with Crippen LogP contribution >= 0.6 is 0 Å². The normalized spacial score (nSPS) is 20.1. The van der Waals surface area contributed by atoms with Crippen molar-refractivity contribution >= 4 is 11.4 Å². The van der Waals surface area contributed by atoms with Crippen LogP contribution in [0.25, 0.3) is 0 Å². The predicted molar refractivity (Wildman–Crippen MR) is 105 cm³/mol. The molecule has 0 amide bonds. The standard InChI is InChI=1S/C10H3F8NO4.C10H5F8NO2/c11-8(12,13)7(9(14,15)16)5-3-4(19(20)21)1-2-6(5)22-10(17,18)23-7;11-8(12,13)7(9(14,15)16)5-3-4(19)1-2-6(5)20-10(17,18)21-7/h1-3H;1-3H,19H2. The molecule has 0 spiro atoms. The van der Waals surface area contributed by atoms with Gasteiger partial charge in [-0.2, -0.15) is 52.7 Å². The van der Waals surface area contributed by atoms with Gasteiger partial charge in [-0.1, -0.05) is 0 Å². The van der Waals surface area contributed by atoms with E-state index < -0.39 is 87.4 Å². The number of hydrogen-bond donors (Lipinski definition) is 1. The van der Waals surface area contributed by atoms with E-state index in [0.717, 1.165) is 6.07 Å². The summed E-state index contributed by atoms with van der Waals surface area (Å²) in [6.07, 6.45) is -35.6. The van der Waals surface area contributed by atoms with Gasteiger partial charge in [-0.3, -0.25) is 19.6 Å². The van der Waals surface area contributed by atoms with Crippen molar-refractivity contribution in [1.82, 2.24) is 0 Å². The maximum atomic E-state index is 13.1. The lowest BCUT2D eigenvalue weighted by atomic mass is 9.90. The number of nitrogens with two attached hydrogens (primary N) is 1. The zero-order valence-electron chi connectivity index (χ0n) is 20.0. The van der Waals surface area contributed by atoms with E-state index in [1.54, 1.807) is 0 Å². The molecule has 0 unspecified atom stereocenters. The Labute approximate surface area is 229 Å². The minimum atomic E-state index is -6.40. The Kier molecular flexibility index (Phi) is 7.87. The van der Waals surface area contributed by atoms with Crippen LogP contribution in [0.1, 0.15) is 11.1 Å². The number of halogens is 16. The number of nitro benzene ring substituents is 1. The van der Waals surface area contributed by atoms with Crippen molar-refractivity contribution in [3.05, 3.63) is 57.6 Å². The Bertz CT molecular complexity index is 1410. The Hall–Kier alpha value is -3.96. The van der Waals surface area contributed by atoms with E-state index in [1.807, 2.05) is 0 Å². The summed E-state index contributed by atoms with van der Waals surface area (Å²) in [6.45, 7) is 0. The molecule has 24 heteroatoms. The van der Waals surface area contributed by atoms with Gasteiger partial charge in [0.15, 0.2) is 0 Å². The van der Waals surface area contributed by atoms with Gasteiger partial charge < -0.3 is 15.2 Å². The lowest BCUT2D eigenvalue weighted by Gasteiger charge is -2.42. The maximum absolute atomic E-state index is 13.1. The number of alkyl halides is 16. The Morgan fingerprint density at radius 3 is 1.30 bits per heavy atom. The number of non-ortho nitro benzene ring substituents is 1. The van der Waals surface area contributed by atoms with E-state index in [1.165, 1.54) is 0 Å². The largest absolute Gasteiger partial charge is 0.536 e. The highest BCUT2D eigenvalue weighted by atomic mass is 19.4. The fraction of sp³-hybridized carbons (Fsp3) is 0.400. The monoisotopic (exact) mass is 676 g/mol. The van der Waals surface area contributed by atoms with Crippen LogP contribution in [0.5, 0.6) is 11.5 Å². The molecule has 2 aliphatic heterocycles. The highest BCUT2D eigenvalue weighted by Crippen LogP contribution is 2.61. The van der Waals surface area contributed by atoms with E-state index in [4.69, 9.17) is 5.73 Å². The van der Waals surface area contributed by atoms with Crippen LogP contribution in [-0.4, -0.2) is 42.2 Å². The van der Waals surface area contributed by atoms with Gasteiger partial charge in [-0.05, 0) is 24.3 Å². The van der Waals surface area contributed by atoms with Crippen LogP contribution in [0.3, 0.4) is 0 Å². The molecule has 0 atom stereocenters. The van der Waals surface area contributed by atoms with E-state index in [-0.39, 0.29) is 18.2 Å². The summed E-state index contributed by atoms with van der Waals surface area (Å²) in [5, 5.41) is 10.5. The highest BCUT2D eigenvalue weighted by molar-refractivity contribution is 5.52. The summed E-state index contributed by atoms with van der Waals surface area (Å²) in [4.78, 5) is 9.24. The van der Waals surface area contributed by atoms with Crippen LogP contribution < -0.4 is 15.2 Å². The summed E-state index contributed by atoms with van der Waals surface area (Å²) in [5.41, 5.74) is -11.0. The number of ether oxygens (including phenoxy) is 4. The number of nitro groups is 1. The zero-order valence-corrected chi connectivity index (χ0v) is 20.0. The SMILES string of the molecule is Nc1ccc2c(c1)C(C(F)(F)F)(C(F)(F)F)OC(F)(F)O2.O=[N+]([O-])c1ccc2c(c1)C(C(F)(F)F)(C(F)(F)F)OC(F)(F)O2. The molecule has 0 saturated carbocycles. The average Bonchev–Trinajstić information content (AvgIpc) is 2.79. The van der Waals surface area contributed by atoms with Gasteiger partial charge in [0.1, 0.15) is 11.5 Å². The van der Waals surface area contributed by atoms with Crippen molar-refractivity contribution in [3.63, 3.8) is 0 Å². The Morgan fingerprint density at radius 2 is 0.955 bits per heavy atom. The average molecular weight is 676 g/mol. The first-order valence-electron chi connectivity index (χ1n) is 10.5. The van der Waals surface area contributed by atoms with Crippen LogP contribution in [0.15, 0.2) is 36.4 Å². The first-order valence-corrected chi connectivity index (χ1v) is 10.5. The lowest BCUT2D eigenvalue weighted by Crippen LogP contribution is -2.61. The molecular formula is C20H8F16N2O6. The van der Waals surface area contributed by atoms with E-state index >= 15 is 0 Å². The van der Waals surface area contributed by atoms with E-state index in [9.17, 15) is 80.4 Å². The molecule has 2 N–H and O–H groups in total. The predicted octanol–water partition coefficient (Wildman–Crippen LogP) is 7.42.